The average Bonchev–Trinajstić information content (AvgIpc) is 3.10. The van der Waals surface area contributed by atoms with Crippen LogP contribution in [0.2, 0.25) is 5.02 Å². The molecule has 1 heterocycles. The molecule has 0 saturated carbocycles. The van der Waals surface area contributed by atoms with Crippen molar-refractivity contribution in [3.63, 3.8) is 0 Å². The van der Waals surface area contributed by atoms with Crippen molar-refractivity contribution in [2.75, 3.05) is 0 Å². The number of nitriles is 1. The third-order valence-electron chi connectivity index (χ3n) is 3.46. The molecule has 0 radical (unpaired) electrons. The number of aromatic carboxylic acids is 1. The molecule has 4 nitrogen and oxygen atoms in total. The van der Waals surface area contributed by atoms with Gasteiger partial charge in [0.2, 0.25) is 0 Å². The van der Waals surface area contributed by atoms with Crippen LogP contribution in [0.25, 0.3) is 22.9 Å². The van der Waals surface area contributed by atoms with Gasteiger partial charge in [-0.05, 0) is 35.9 Å². The van der Waals surface area contributed by atoms with Gasteiger partial charge >= 0.3 is 5.97 Å². The maximum atomic E-state index is 10.9. The van der Waals surface area contributed by atoms with Gasteiger partial charge in [0.25, 0.3) is 0 Å². The summed E-state index contributed by atoms with van der Waals surface area (Å²) >= 11 is 7.27. The SMILES string of the molecule is N#C/C(=C\c1ccc(C(=O)O)cc1)c1nc(-c2ccc(Cl)cc2)cs1. The number of benzene rings is 2. The fourth-order valence-corrected chi connectivity index (χ4v) is 3.10. The van der Waals surface area contributed by atoms with Crippen molar-refractivity contribution in [3.8, 4) is 17.3 Å². The molecule has 0 fully saturated rings. The first kappa shape index (κ1) is 16.9. The minimum atomic E-state index is -0.983. The van der Waals surface area contributed by atoms with Crippen LogP contribution in [0.1, 0.15) is 20.9 Å². The number of carbonyl (C=O) groups is 1. The van der Waals surface area contributed by atoms with Crippen LogP contribution >= 0.6 is 22.9 Å². The molecule has 0 aliphatic rings. The number of nitrogens with zero attached hydrogens (tertiary/aromatic N) is 2. The standard InChI is InChI=1S/C19H11ClN2O2S/c20-16-7-5-13(6-8-16)17-11-25-18(22-17)15(10-21)9-12-1-3-14(4-2-12)19(23)24/h1-9,11H,(H,23,24)/b15-9+. The van der Waals surface area contributed by atoms with Crippen molar-refractivity contribution >= 4 is 40.6 Å². The van der Waals surface area contributed by atoms with Crippen LogP contribution in [0.3, 0.4) is 0 Å². The first-order valence-corrected chi connectivity index (χ1v) is 8.49. The van der Waals surface area contributed by atoms with Gasteiger partial charge in [-0.2, -0.15) is 5.26 Å². The fourth-order valence-electron chi connectivity index (χ4n) is 2.18. The van der Waals surface area contributed by atoms with Crippen molar-refractivity contribution in [3.05, 3.63) is 75.1 Å². The second-order valence-electron chi connectivity index (χ2n) is 5.14. The van der Waals surface area contributed by atoms with E-state index in [1.165, 1.54) is 23.5 Å². The van der Waals surface area contributed by atoms with Gasteiger partial charge in [0.05, 0.1) is 16.8 Å². The molecule has 0 aliphatic carbocycles. The Balaban J connectivity index is 1.90. The zero-order chi connectivity index (χ0) is 17.8. The topological polar surface area (TPSA) is 74.0 Å². The van der Waals surface area contributed by atoms with Crippen molar-refractivity contribution < 1.29 is 9.90 Å². The molecule has 122 valence electrons. The third kappa shape index (κ3) is 3.94. The van der Waals surface area contributed by atoms with Gasteiger partial charge in [0.15, 0.2) is 0 Å². The number of hydrogen-bond donors (Lipinski definition) is 1. The van der Waals surface area contributed by atoms with E-state index in [0.717, 1.165) is 16.8 Å². The summed E-state index contributed by atoms with van der Waals surface area (Å²) in [5, 5.41) is 21.5. The average molecular weight is 367 g/mol. The number of aromatic nitrogens is 1. The number of thiazole rings is 1. The summed E-state index contributed by atoms with van der Waals surface area (Å²) in [7, 11) is 0. The summed E-state index contributed by atoms with van der Waals surface area (Å²) < 4.78 is 0. The smallest absolute Gasteiger partial charge is 0.335 e. The first-order chi connectivity index (χ1) is 12.1. The highest BCUT2D eigenvalue weighted by Crippen LogP contribution is 2.28. The molecule has 3 aromatic rings. The Kier molecular flexibility index (Phi) is 4.94. The highest BCUT2D eigenvalue weighted by Gasteiger charge is 2.09. The van der Waals surface area contributed by atoms with Crippen LogP contribution in [-0.2, 0) is 0 Å². The van der Waals surface area contributed by atoms with Gasteiger partial charge in [0.1, 0.15) is 11.1 Å². The van der Waals surface area contributed by atoms with Gasteiger partial charge in [-0.25, -0.2) is 9.78 Å². The van der Waals surface area contributed by atoms with E-state index in [0.29, 0.717) is 15.6 Å². The van der Waals surface area contributed by atoms with Gasteiger partial charge in [-0.15, -0.1) is 11.3 Å². The quantitative estimate of drug-likeness (QED) is 0.642. The van der Waals surface area contributed by atoms with Crippen LogP contribution < -0.4 is 0 Å². The highest BCUT2D eigenvalue weighted by atomic mass is 35.5. The maximum absolute atomic E-state index is 10.9. The molecule has 0 spiro atoms. The Morgan fingerprint density at radius 3 is 2.44 bits per heavy atom. The molecule has 6 heteroatoms. The number of rotatable bonds is 4. The minimum Gasteiger partial charge on any atom is -0.478 e. The van der Waals surface area contributed by atoms with Gasteiger partial charge in [0, 0.05) is 16.0 Å². The largest absolute Gasteiger partial charge is 0.478 e. The molecule has 0 bridgehead atoms. The van der Waals surface area contributed by atoms with Crippen molar-refractivity contribution in [1.29, 1.82) is 5.26 Å². The lowest BCUT2D eigenvalue weighted by Crippen LogP contribution is -1.94. The van der Waals surface area contributed by atoms with E-state index in [1.54, 1.807) is 30.3 Å². The van der Waals surface area contributed by atoms with E-state index in [9.17, 15) is 10.1 Å². The zero-order valence-electron chi connectivity index (χ0n) is 12.8. The third-order valence-corrected chi connectivity index (χ3v) is 4.59. The first-order valence-electron chi connectivity index (χ1n) is 7.24. The number of carboxylic acids is 1. The van der Waals surface area contributed by atoms with E-state index >= 15 is 0 Å². The molecular weight excluding hydrogens is 356 g/mol. The number of allylic oxidation sites excluding steroid dienone is 1. The molecule has 2 aromatic carbocycles. The van der Waals surface area contributed by atoms with E-state index in [1.807, 2.05) is 17.5 Å². The maximum Gasteiger partial charge on any atom is 0.335 e. The molecular formula is C19H11ClN2O2S. The second kappa shape index (κ2) is 7.31. The molecule has 0 atom stereocenters. The Labute approximate surface area is 153 Å². The van der Waals surface area contributed by atoms with Gasteiger partial charge in [-0.3, -0.25) is 0 Å². The molecule has 1 aromatic heterocycles. The lowest BCUT2D eigenvalue weighted by Gasteiger charge is -1.98. The molecule has 0 amide bonds. The van der Waals surface area contributed by atoms with Crippen molar-refractivity contribution in [2.45, 2.75) is 0 Å². The monoisotopic (exact) mass is 366 g/mol. The van der Waals surface area contributed by atoms with Crippen LogP contribution in [0, 0.1) is 11.3 Å². The molecule has 1 N–H and O–H groups in total. The number of carboxylic acid groups (broad SMARTS) is 1. The molecule has 0 aliphatic heterocycles. The normalized spacial score (nSPS) is 11.1. The number of hydrogen-bond acceptors (Lipinski definition) is 4. The lowest BCUT2D eigenvalue weighted by molar-refractivity contribution is 0.0697. The number of halogens is 1. The van der Waals surface area contributed by atoms with Crippen molar-refractivity contribution in [2.24, 2.45) is 0 Å². The predicted octanol–water partition coefficient (Wildman–Crippen LogP) is 5.23. The molecule has 25 heavy (non-hydrogen) atoms. The Hall–Kier alpha value is -2.94. The summed E-state index contributed by atoms with van der Waals surface area (Å²) in [5.74, 6) is -0.983. The van der Waals surface area contributed by atoms with Crippen LogP contribution in [-0.4, -0.2) is 16.1 Å². The summed E-state index contributed by atoms with van der Waals surface area (Å²) in [5.41, 5.74) is 3.07. The van der Waals surface area contributed by atoms with E-state index in [-0.39, 0.29) is 5.56 Å². The van der Waals surface area contributed by atoms with E-state index < -0.39 is 5.97 Å². The minimum absolute atomic E-state index is 0.204. The summed E-state index contributed by atoms with van der Waals surface area (Å²) in [6, 6.07) is 15.8. The molecule has 0 unspecified atom stereocenters. The Morgan fingerprint density at radius 2 is 1.84 bits per heavy atom. The lowest BCUT2D eigenvalue weighted by atomic mass is 10.1. The second-order valence-corrected chi connectivity index (χ2v) is 6.44. The summed E-state index contributed by atoms with van der Waals surface area (Å²) in [6.45, 7) is 0. The van der Waals surface area contributed by atoms with Crippen LogP contribution in [0.4, 0.5) is 0 Å². The molecule has 3 rings (SSSR count). The van der Waals surface area contributed by atoms with Crippen LogP contribution in [0.15, 0.2) is 53.9 Å². The Bertz CT molecular complexity index is 984. The Morgan fingerprint density at radius 1 is 1.16 bits per heavy atom. The van der Waals surface area contributed by atoms with E-state index in [2.05, 4.69) is 11.1 Å². The van der Waals surface area contributed by atoms with Gasteiger partial charge < -0.3 is 5.11 Å². The van der Waals surface area contributed by atoms with Gasteiger partial charge in [-0.1, -0.05) is 35.9 Å². The van der Waals surface area contributed by atoms with E-state index in [4.69, 9.17) is 16.7 Å². The highest BCUT2D eigenvalue weighted by molar-refractivity contribution is 7.11. The zero-order valence-corrected chi connectivity index (χ0v) is 14.4. The molecule has 0 saturated heterocycles. The summed E-state index contributed by atoms with van der Waals surface area (Å²) in [6.07, 6.45) is 1.69. The summed E-state index contributed by atoms with van der Waals surface area (Å²) in [4.78, 5) is 15.4. The predicted molar refractivity (Wildman–Crippen MR) is 99.4 cm³/mol. The van der Waals surface area contributed by atoms with Crippen molar-refractivity contribution in [1.82, 2.24) is 4.98 Å². The van der Waals surface area contributed by atoms with Crippen LogP contribution in [0.5, 0.6) is 0 Å². The fraction of sp³-hybridized carbons (Fsp3) is 0.